The number of aromatic carboxylic acids is 1. The maximum Gasteiger partial charge on any atom is 0.386 e. The van der Waals surface area contributed by atoms with Gasteiger partial charge in [-0.25, -0.2) is 24.2 Å². The van der Waals surface area contributed by atoms with Gasteiger partial charge in [-0.2, -0.15) is 0 Å². The molecule has 23 heavy (non-hydrogen) atoms. The number of rotatable bonds is 5. The molecule has 0 saturated heterocycles. The molecule has 0 aliphatic carbocycles. The number of carbonyl (C=O) groups is 3. The fourth-order valence-electron chi connectivity index (χ4n) is 2.32. The lowest BCUT2D eigenvalue weighted by atomic mass is 9.84. The molecule has 0 amide bonds. The molecule has 6 heteroatoms. The molecule has 1 unspecified atom stereocenters. The molecule has 0 fully saturated rings. The SMILES string of the molecule is CC(CC(=O)OOC(=O)c1ccc(C(=O)O)cc1)CC(C)(C)C. The topological polar surface area (TPSA) is 89.9 Å². The van der Waals surface area contributed by atoms with E-state index in [9.17, 15) is 14.4 Å². The van der Waals surface area contributed by atoms with Crippen molar-refractivity contribution in [2.75, 3.05) is 0 Å². The first-order chi connectivity index (χ1) is 10.6. The minimum atomic E-state index is -1.09. The molecule has 6 nitrogen and oxygen atoms in total. The molecule has 1 aromatic rings. The number of carboxylic acid groups (broad SMARTS) is 1. The van der Waals surface area contributed by atoms with Crippen LogP contribution in [0.5, 0.6) is 0 Å². The van der Waals surface area contributed by atoms with Gasteiger partial charge >= 0.3 is 17.9 Å². The predicted molar refractivity (Wildman–Crippen MR) is 82.8 cm³/mol. The normalized spacial score (nSPS) is 12.3. The zero-order valence-corrected chi connectivity index (χ0v) is 13.8. The van der Waals surface area contributed by atoms with E-state index < -0.39 is 17.9 Å². The fraction of sp³-hybridized carbons (Fsp3) is 0.471. The van der Waals surface area contributed by atoms with E-state index in [0.29, 0.717) is 0 Å². The van der Waals surface area contributed by atoms with Gasteiger partial charge in [0.25, 0.3) is 0 Å². The smallest absolute Gasteiger partial charge is 0.386 e. The fourth-order valence-corrected chi connectivity index (χ4v) is 2.32. The van der Waals surface area contributed by atoms with E-state index in [1.165, 1.54) is 24.3 Å². The molecule has 0 radical (unpaired) electrons. The Kier molecular flexibility index (Phi) is 6.30. The van der Waals surface area contributed by atoms with Gasteiger partial charge in [0.15, 0.2) is 0 Å². The molecule has 1 N–H and O–H groups in total. The first-order valence-corrected chi connectivity index (χ1v) is 7.33. The average molecular weight is 322 g/mol. The van der Waals surface area contributed by atoms with Gasteiger partial charge in [-0.05, 0) is 42.0 Å². The van der Waals surface area contributed by atoms with Crippen LogP contribution >= 0.6 is 0 Å². The molecule has 1 atom stereocenters. The van der Waals surface area contributed by atoms with Crippen LogP contribution in [0, 0.1) is 11.3 Å². The van der Waals surface area contributed by atoms with E-state index in [1.807, 2.05) is 6.92 Å². The van der Waals surface area contributed by atoms with E-state index in [2.05, 4.69) is 30.5 Å². The van der Waals surface area contributed by atoms with Crippen molar-refractivity contribution in [1.82, 2.24) is 0 Å². The van der Waals surface area contributed by atoms with Crippen molar-refractivity contribution < 1.29 is 29.3 Å². The van der Waals surface area contributed by atoms with E-state index in [-0.39, 0.29) is 28.9 Å². The lowest BCUT2D eigenvalue weighted by Gasteiger charge is -2.22. The lowest BCUT2D eigenvalue weighted by molar-refractivity contribution is -0.234. The first kappa shape index (κ1) is 18.7. The standard InChI is InChI=1S/C17H22O6/c1-11(10-17(2,3)4)9-14(18)22-23-16(21)13-7-5-12(6-8-13)15(19)20/h5-8,11H,9-10H2,1-4H3,(H,19,20). The molecular formula is C17H22O6. The molecular weight excluding hydrogens is 300 g/mol. The molecule has 0 aromatic heterocycles. The van der Waals surface area contributed by atoms with E-state index in [0.717, 1.165) is 6.42 Å². The monoisotopic (exact) mass is 322 g/mol. The van der Waals surface area contributed by atoms with Gasteiger partial charge in [-0.3, -0.25) is 0 Å². The molecule has 0 aliphatic heterocycles. The summed E-state index contributed by atoms with van der Waals surface area (Å²) >= 11 is 0. The van der Waals surface area contributed by atoms with Crippen LogP contribution in [-0.2, 0) is 14.6 Å². The Morgan fingerprint density at radius 1 is 1.04 bits per heavy atom. The zero-order valence-electron chi connectivity index (χ0n) is 13.8. The molecule has 1 rings (SSSR count). The first-order valence-electron chi connectivity index (χ1n) is 7.33. The minimum Gasteiger partial charge on any atom is -0.478 e. The van der Waals surface area contributed by atoms with Crippen molar-refractivity contribution >= 4 is 17.9 Å². The van der Waals surface area contributed by atoms with Crippen LogP contribution in [0.3, 0.4) is 0 Å². The van der Waals surface area contributed by atoms with Crippen LogP contribution in [0.2, 0.25) is 0 Å². The summed E-state index contributed by atoms with van der Waals surface area (Å²) < 4.78 is 0. The highest BCUT2D eigenvalue weighted by atomic mass is 17.2. The van der Waals surface area contributed by atoms with Crippen LogP contribution in [0.1, 0.15) is 61.3 Å². The second kappa shape index (κ2) is 7.76. The Hall–Kier alpha value is -2.37. The van der Waals surface area contributed by atoms with Gasteiger partial charge in [-0.1, -0.05) is 27.7 Å². The molecule has 0 saturated carbocycles. The Labute approximate surface area is 135 Å². The number of carboxylic acids is 1. The van der Waals surface area contributed by atoms with Crippen LogP contribution in [-0.4, -0.2) is 23.0 Å². The van der Waals surface area contributed by atoms with Crippen molar-refractivity contribution in [2.45, 2.75) is 40.5 Å². The van der Waals surface area contributed by atoms with Gasteiger partial charge in [0.1, 0.15) is 0 Å². The zero-order chi connectivity index (χ0) is 17.6. The summed E-state index contributed by atoms with van der Waals surface area (Å²) in [5, 5.41) is 8.77. The van der Waals surface area contributed by atoms with Gasteiger partial charge in [0.2, 0.25) is 0 Å². The van der Waals surface area contributed by atoms with E-state index in [1.54, 1.807) is 0 Å². The number of benzene rings is 1. The average Bonchev–Trinajstić information content (AvgIpc) is 2.42. The Morgan fingerprint density at radius 2 is 1.57 bits per heavy atom. The maximum atomic E-state index is 11.7. The third-order valence-corrected chi connectivity index (χ3v) is 3.05. The van der Waals surface area contributed by atoms with Crippen LogP contribution in [0.4, 0.5) is 0 Å². The van der Waals surface area contributed by atoms with Crippen molar-refractivity contribution in [3.63, 3.8) is 0 Å². The summed E-state index contributed by atoms with van der Waals surface area (Å²) in [5.41, 5.74) is 0.252. The van der Waals surface area contributed by atoms with Crippen molar-refractivity contribution in [3.05, 3.63) is 35.4 Å². The van der Waals surface area contributed by atoms with Gasteiger partial charge in [-0.15, -0.1) is 0 Å². The van der Waals surface area contributed by atoms with Gasteiger partial charge in [0.05, 0.1) is 17.5 Å². The second-order valence-electron chi connectivity index (χ2n) is 6.78. The second-order valence-corrected chi connectivity index (χ2v) is 6.78. The van der Waals surface area contributed by atoms with E-state index >= 15 is 0 Å². The number of hydrogen-bond donors (Lipinski definition) is 1. The third-order valence-electron chi connectivity index (χ3n) is 3.05. The Bertz CT molecular complexity index is 568. The highest BCUT2D eigenvalue weighted by Gasteiger charge is 2.20. The number of carbonyl (C=O) groups excluding carboxylic acids is 2. The summed E-state index contributed by atoms with van der Waals surface area (Å²) in [6, 6.07) is 5.13. The molecule has 0 bridgehead atoms. The predicted octanol–water partition coefficient (Wildman–Crippen LogP) is 3.46. The summed E-state index contributed by atoms with van der Waals surface area (Å²) in [6.45, 7) is 8.17. The molecule has 126 valence electrons. The summed E-state index contributed by atoms with van der Waals surface area (Å²) in [6.07, 6.45) is 0.995. The highest BCUT2D eigenvalue weighted by molar-refractivity contribution is 5.92. The quantitative estimate of drug-likeness (QED) is 0.659. The maximum absolute atomic E-state index is 11.7. The molecule has 0 heterocycles. The minimum absolute atomic E-state index is 0.0505. The van der Waals surface area contributed by atoms with Crippen molar-refractivity contribution in [2.24, 2.45) is 11.3 Å². The number of hydrogen-bond acceptors (Lipinski definition) is 5. The van der Waals surface area contributed by atoms with Crippen molar-refractivity contribution in [3.8, 4) is 0 Å². The summed E-state index contributed by atoms with van der Waals surface area (Å²) in [4.78, 5) is 43.1. The molecule has 1 aromatic carbocycles. The largest absolute Gasteiger partial charge is 0.478 e. The summed E-state index contributed by atoms with van der Waals surface area (Å²) in [7, 11) is 0. The van der Waals surface area contributed by atoms with Crippen molar-refractivity contribution in [1.29, 1.82) is 0 Å². The lowest BCUT2D eigenvalue weighted by Crippen LogP contribution is -2.17. The van der Waals surface area contributed by atoms with Gasteiger partial charge in [0, 0.05) is 0 Å². The van der Waals surface area contributed by atoms with Gasteiger partial charge < -0.3 is 5.11 Å². The Morgan fingerprint density at radius 3 is 2.04 bits per heavy atom. The molecule has 0 aliphatic rings. The highest BCUT2D eigenvalue weighted by Crippen LogP contribution is 2.26. The van der Waals surface area contributed by atoms with Crippen LogP contribution in [0.25, 0.3) is 0 Å². The molecule has 0 spiro atoms. The van der Waals surface area contributed by atoms with Crippen LogP contribution < -0.4 is 0 Å². The third kappa shape index (κ3) is 6.95. The van der Waals surface area contributed by atoms with Crippen LogP contribution in [0.15, 0.2) is 24.3 Å². The summed E-state index contributed by atoms with van der Waals surface area (Å²) in [5.74, 6) is -2.45. The Balaban J connectivity index is 2.46. The van der Waals surface area contributed by atoms with E-state index in [4.69, 9.17) is 5.11 Å².